The average molecular weight is 285 g/mol. The van der Waals surface area contributed by atoms with E-state index in [4.69, 9.17) is 22.1 Å². The maximum atomic E-state index is 11.7. The van der Waals surface area contributed by atoms with Crippen LogP contribution in [0.3, 0.4) is 0 Å². The lowest BCUT2D eigenvalue weighted by molar-refractivity contribution is -0.142. The van der Waals surface area contributed by atoms with E-state index in [9.17, 15) is 9.59 Å². The molecule has 0 radical (unpaired) electrons. The van der Waals surface area contributed by atoms with E-state index in [2.05, 4.69) is 5.32 Å². The number of carbonyl (C=O) groups is 2. The first kappa shape index (κ1) is 15.3. The number of esters is 1. The summed E-state index contributed by atoms with van der Waals surface area (Å²) in [6.45, 7) is 3.73. The van der Waals surface area contributed by atoms with Crippen LogP contribution in [-0.2, 0) is 9.53 Å². The topological polar surface area (TPSA) is 81.4 Å². The highest BCUT2D eigenvalue weighted by Gasteiger charge is 2.24. The third-order valence-electron chi connectivity index (χ3n) is 2.68. The van der Waals surface area contributed by atoms with Gasteiger partial charge in [-0.15, -0.1) is 0 Å². The normalized spacial score (nSPS) is 12.1. The van der Waals surface area contributed by atoms with Gasteiger partial charge in [-0.3, -0.25) is 4.79 Å². The summed E-state index contributed by atoms with van der Waals surface area (Å²) in [5.74, 6) is -1.02. The van der Waals surface area contributed by atoms with Crippen molar-refractivity contribution < 1.29 is 14.3 Å². The number of nitrogens with two attached hydrogens (primary N) is 1. The lowest BCUT2D eigenvalue weighted by Gasteiger charge is -2.22. The van der Waals surface area contributed by atoms with Gasteiger partial charge in [0.2, 0.25) is 0 Å². The van der Waals surface area contributed by atoms with Crippen molar-refractivity contribution in [1.29, 1.82) is 0 Å². The highest BCUT2D eigenvalue weighted by molar-refractivity contribution is 6.31. The van der Waals surface area contributed by atoms with E-state index in [1.807, 2.05) is 13.8 Å². The van der Waals surface area contributed by atoms with Gasteiger partial charge in [-0.25, -0.2) is 4.79 Å². The zero-order valence-corrected chi connectivity index (χ0v) is 11.8. The minimum atomic E-state index is -0.591. The molecule has 1 amide bonds. The Balaban J connectivity index is 3.11. The largest absolute Gasteiger partial charge is 0.467 e. The molecule has 1 unspecified atom stereocenters. The fourth-order valence-corrected chi connectivity index (χ4v) is 1.82. The van der Waals surface area contributed by atoms with Crippen molar-refractivity contribution in [1.82, 2.24) is 0 Å². The van der Waals surface area contributed by atoms with E-state index in [-0.39, 0.29) is 11.5 Å². The Labute approximate surface area is 117 Å². The molecule has 0 aliphatic carbocycles. The molecule has 0 fully saturated rings. The first-order valence-corrected chi connectivity index (χ1v) is 6.18. The van der Waals surface area contributed by atoms with Gasteiger partial charge in [0, 0.05) is 10.7 Å². The monoisotopic (exact) mass is 284 g/mol. The van der Waals surface area contributed by atoms with Crippen LogP contribution in [-0.4, -0.2) is 25.0 Å². The van der Waals surface area contributed by atoms with Crippen molar-refractivity contribution in [2.24, 2.45) is 11.7 Å². The predicted octanol–water partition coefficient (Wildman–Crippen LogP) is 2.05. The number of primary amides is 1. The first-order chi connectivity index (χ1) is 8.86. The van der Waals surface area contributed by atoms with Crippen LogP contribution in [0.5, 0.6) is 0 Å². The van der Waals surface area contributed by atoms with E-state index < -0.39 is 17.9 Å². The van der Waals surface area contributed by atoms with Crippen LogP contribution in [0, 0.1) is 5.92 Å². The quantitative estimate of drug-likeness (QED) is 0.811. The zero-order valence-electron chi connectivity index (χ0n) is 11.1. The zero-order chi connectivity index (χ0) is 14.6. The van der Waals surface area contributed by atoms with Gasteiger partial charge in [0.15, 0.2) is 0 Å². The fourth-order valence-electron chi connectivity index (χ4n) is 1.64. The summed E-state index contributed by atoms with van der Waals surface area (Å²) < 4.78 is 4.73. The number of halogens is 1. The van der Waals surface area contributed by atoms with Crippen molar-refractivity contribution in [3.8, 4) is 0 Å². The number of benzene rings is 1. The predicted molar refractivity (Wildman–Crippen MR) is 74.2 cm³/mol. The third kappa shape index (κ3) is 3.86. The average Bonchev–Trinajstić information content (AvgIpc) is 2.34. The molecule has 0 bridgehead atoms. The Hall–Kier alpha value is -1.75. The van der Waals surface area contributed by atoms with Gasteiger partial charge in [-0.05, 0) is 24.1 Å². The molecule has 6 heteroatoms. The van der Waals surface area contributed by atoms with Crippen molar-refractivity contribution in [2.45, 2.75) is 19.9 Å². The number of methoxy groups -OCH3 is 1. The third-order valence-corrected chi connectivity index (χ3v) is 2.91. The molecule has 3 N–H and O–H groups in total. The second-order valence-corrected chi connectivity index (χ2v) is 4.88. The van der Waals surface area contributed by atoms with E-state index in [0.717, 1.165) is 0 Å². The maximum absolute atomic E-state index is 11.7. The molecule has 0 saturated heterocycles. The Morgan fingerprint density at radius 1 is 1.37 bits per heavy atom. The lowest BCUT2D eigenvalue weighted by Crippen LogP contribution is -2.36. The number of carbonyl (C=O) groups excluding carboxylic acids is 2. The van der Waals surface area contributed by atoms with Gasteiger partial charge in [0.05, 0.1) is 12.7 Å². The van der Waals surface area contributed by atoms with E-state index in [0.29, 0.717) is 10.7 Å². The molecule has 0 saturated carbocycles. The first-order valence-electron chi connectivity index (χ1n) is 5.80. The molecule has 5 nitrogen and oxygen atoms in total. The van der Waals surface area contributed by atoms with Crippen LogP contribution in [0.2, 0.25) is 5.02 Å². The number of anilines is 1. The fraction of sp³-hybridized carbons (Fsp3) is 0.385. The van der Waals surface area contributed by atoms with E-state index in [1.54, 1.807) is 12.1 Å². The number of rotatable bonds is 5. The smallest absolute Gasteiger partial charge is 0.328 e. The van der Waals surface area contributed by atoms with Crippen LogP contribution in [0.4, 0.5) is 5.69 Å². The van der Waals surface area contributed by atoms with E-state index in [1.165, 1.54) is 13.2 Å². The molecule has 1 atom stereocenters. The van der Waals surface area contributed by atoms with Gasteiger partial charge in [-0.1, -0.05) is 25.4 Å². The van der Waals surface area contributed by atoms with Gasteiger partial charge in [0.25, 0.3) is 5.91 Å². The van der Waals surface area contributed by atoms with Crippen LogP contribution < -0.4 is 11.1 Å². The molecule has 0 aromatic heterocycles. The minimum Gasteiger partial charge on any atom is -0.467 e. The Kier molecular flexibility index (Phi) is 5.18. The summed E-state index contributed by atoms with van der Waals surface area (Å²) in [4.78, 5) is 23.0. The second-order valence-electron chi connectivity index (χ2n) is 4.44. The standard InChI is InChI=1S/C13H17ClN2O3/c1-7(2)11(13(18)19-3)16-10-6-8(14)4-5-9(10)12(15)17/h4-7,11,16H,1-3H3,(H2,15,17). The number of hydrogen-bond donors (Lipinski definition) is 2. The van der Waals surface area contributed by atoms with Crippen LogP contribution in [0.1, 0.15) is 24.2 Å². The molecular formula is C13H17ClN2O3. The summed E-state index contributed by atoms with van der Waals surface area (Å²) in [5, 5.41) is 3.40. The van der Waals surface area contributed by atoms with Crippen LogP contribution in [0.15, 0.2) is 18.2 Å². The summed E-state index contributed by atoms with van der Waals surface area (Å²) in [6, 6.07) is 4.05. The molecular weight excluding hydrogens is 268 g/mol. The Morgan fingerprint density at radius 3 is 2.47 bits per heavy atom. The summed E-state index contributed by atoms with van der Waals surface area (Å²) >= 11 is 5.89. The molecule has 0 heterocycles. The molecule has 19 heavy (non-hydrogen) atoms. The van der Waals surface area contributed by atoms with Crippen molar-refractivity contribution >= 4 is 29.2 Å². The van der Waals surface area contributed by atoms with Crippen LogP contribution >= 0.6 is 11.6 Å². The van der Waals surface area contributed by atoms with Gasteiger partial charge < -0.3 is 15.8 Å². The molecule has 0 aliphatic rings. The Morgan fingerprint density at radius 2 is 2.00 bits per heavy atom. The highest BCUT2D eigenvalue weighted by atomic mass is 35.5. The number of hydrogen-bond acceptors (Lipinski definition) is 4. The molecule has 1 rings (SSSR count). The summed E-state index contributed by atoms with van der Waals surface area (Å²) in [5.41, 5.74) is 5.98. The van der Waals surface area contributed by atoms with Crippen molar-refractivity contribution in [2.75, 3.05) is 12.4 Å². The second kappa shape index (κ2) is 6.43. The molecule has 1 aromatic carbocycles. The molecule has 0 spiro atoms. The highest BCUT2D eigenvalue weighted by Crippen LogP contribution is 2.23. The minimum absolute atomic E-state index is 0.0211. The molecule has 104 valence electrons. The number of ether oxygens (including phenoxy) is 1. The SMILES string of the molecule is COC(=O)C(Nc1cc(Cl)ccc1C(N)=O)C(C)C. The number of amides is 1. The van der Waals surface area contributed by atoms with Gasteiger partial charge >= 0.3 is 5.97 Å². The summed E-state index contributed by atoms with van der Waals surface area (Å²) in [7, 11) is 1.31. The van der Waals surface area contributed by atoms with Crippen LogP contribution in [0.25, 0.3) is 0 Å². The van der Waals surface area contributed by atoms with Crippen molar-refractivity contribution in [3.63, 3.8) is 0 Å². The lowest BCUT2D eigenvalue weighted by atomic mass is 10.0. The summed E-state index contributed by atoms with van der Waals surface area (Å²) in [6.07, 6.45) is 0. The molecule has 1 aromatic rings. The van der Waals surface area contributed by atoms with Crippen molar-refractivity contribution in [3.05, 3.63) is 28.8 Å². The number of nitrogens with one attached hydrogen (secondary N) is 1. The van der Waals surface area contributed by atoms with Gasteiger partial charge in [-0.2, -0.15) is 0 Å². The Bertz CT molecular complexity index is 489. The van der Waals surface area contributed by atoms with Gasteiger partial charge in [0.1, 0.15) is 6.04 Å². The van der Waals surface area contributed by atoms with E-state index >= 15 is 0 Å². The maximum Gasteiger partial charge on any atom is 0.328 e. The molecule has 0 aliphatic heterocycles.